The molecule has 0 radical (unpaired) electrons. The summed E-state index contributed by atoms with van der Waals surface area (Å²) in [7, 11) is 2.10. The molecular weight excluding hydrogens is 238 g/mol. The van der Waals surface area contributed by atoms with Crippen LogP contribution in [0.4, 0.5) is 11.6 Å². The summed E-state index contributed by atoms with van der Waals surface area (Å²) >= 11 is 0. The quantitative estimate of drug-likeness (QED) is 0.887. The second-order valence-electron chi connectivity index (χ2n) is 5.64. The first-order valence-corrected chi connectivity index (χ1v) is 7.08. The van der Waals surface area contributed by atoms with Gasteiger partial charge in [0.25, 0.3) is 0 Å². The monoisotopic (exact) mass is 263 g/mol. The van der Waals surface area contributed by atoms with Crippen LogP contribution in [0.25, 0.3) is 0 Å². The van der Waals surface area contributed by atoms with Crippen molar-refractivity contribution in [2.75, 3.05) is 49.6 Å². The summed E-state index contributed by atoms with van der Waals surface area (Å²) in [4.78, 5) is 13.7. The smallest absolute Gasteiger partial charge is 0.134 e. The van der Waals surface area contributed by atoms with E-state index in [0.717, 1.165) is 50.2 Å². The van der Waals surface area contributed by atoms with Gasteiger partial charge in [0.2, 0.25) is 0 Å². The first kappa shape index (κ1) is 14.1. The molecule has 1 saturated heterocycles. The maximum atomic E-state index is 4.58. The van der Waals surface area contributed by atoms with Crippen molar-refractivity contribution in [2.45, 2.75) is 20.8 Å². The van der Waals surface area contributed by atoms with Gasteiger partial charge in [-0.2, -0.15) is 0 Å². The highest BCUT2D eigenvalue weighted by Crippen LogP contribution is 2.19. The third-order valence-electron chi connectivity index (χ3n) is 3.28. The molecule has 1 fully saturated rings. The van der Waals surface area contributed by atoms with Gasteiger partial charge in [0.15, 0.2) is 0 Å². The lowest BCUT2D eigenvalue weighted by atomic mass is 10.2. The summed E-state index contributed by atoms with van der Waals surface area (Å²) in [6.07, 6.45) is 0. The Kier molecular flexibility index (Phi) is 4.58. The van der Waals surface area contributed by atoms with Crippen molar-refractivity contribution in [1.82, 2.24) is 15.3 Å². The predicted octanol–water partition coefficient (Wildman–Crippen LogP) is 1.29. The van der Waals surface area contributed by atoms with Crippen molar-refractivity contribution in [1.29, 1.82) is 0 Å². The fourth-order valence-electron chi connectivity index (χ4n) is 2.43. The van der Waals surface area contributed by atoms with Crippen molar-refractivity contribution in [2.24, 2.45) is 5.92 Å². The molecule has 2 heterocycles. The molecule has 0 unspecified atom stereocenters. The van der Waals surface area contributed by atoms with E-state index in [1.807, 2.05) is 6.92 Å². The van der Waals surface area contributed by atoms with Crippen molar-refractivity contribution in [3.05, 3.63) is 11.9 Å². The Morgan fingerprint density at radius 1 is 1.32 bits per heavy atom. The number of rotatable bonds is 4. The Morgan fingerprint density at radius 2 is 2.00 bits per heavy atom. The number of hydrogen-bond acceptors (Lipinski definition) is 5. The van der Waals surface area contributed by atoms with E-state index in [2.05, 4.69) is 52.0 Å². The zero-order chi connectivity index (χ0) is 13.8. The maximum Gasteiger partial charge on any atom is 0.134 e. The van der Waals surface area contributed by atoms with Gasteiger partial charge in [-0.15, -0.1) is 0 Å². The Morgan fingerprint density at radius 3 is 2.63 bits per heavy atom. The summed E-state index contributed by atoms with van der Waals surface area (Å²) in [5.41, 5.74) is 0. The van der Waals surface area contributed by atoms with E-state index in [1.54, 1.807) is 0 Å². The number of nitrogens with one attached hydrogen (secondary N) is 1. The molecule has 1 N–H and O–H groups in total. The lowest BCUT2D eigenvalue weighted by Crippen LogP contribution is -2.44. The summed E-state index contributed by atoms with van der Waals surface area (Å²) in [6, 6.07) is 2.11. The summed E-state index contributed by atoms with van der Waals surface area (Å²) in [5, 5.41) is 3.37. The Labute approximate surface area is 116 Å². The zero-order valence-electron chi connectivity index (χ0n) is 12.5. The normalized spacial score (nSPS) is 15.9. The predicted molar refractivity (Wildman–Crippen MR) is 80.0 cm³/mol. The van der Waals surface area contributed by atoms with Crippen LogP contribution in [0, 0.1) is 12.8 Å². The fraction of sp³-hybridized carbons (Fsp3) is 0.714. The first-order valence-electron chi connectivity index (χ1n) is 7.08. The molecule has 1 aromatic heterocycles. The second kappa shape index (κ2) is 6.19. The molecule has 0 aliphatic carbocycles. The SMILES string of the molecule is Cc1nc(N(C)CC(C)C)cc(N2CCNCC2)n1. The van der Waals surface area contributed by atoms with Gasteiger partial charge in [-0.3, -0.25) is 0 Å². The van der Waals surface area contributed by atoms with Crippen LogP contribution in [0.5, 0.6) is 0 Å². The number of nitrogens with zero attached hydrogens (tertiary/aromatic N) is 4. The minimum Gasteiger partial charge on any atom is -0.359 e. The minimum atomic E-state index is 0.628. The molecule has 106 valence electrons. The third kappa shape index (κ3) is 3.80. The van der Waals surface area contributed by atoms with Crippen LogP contribution in [0.2, 0.25) is 0 Å². The number of piperazine rings is 1. The lowest BCUT2D eigenvalue weighted by Gasteiger charge is -2.29. The molecule has 0 aromatic carbocycles. The second-order valence-corrected chi connectivity index (χ2v) is 5.64. The molecule has 0 spiro atoms. The van der Waals surface area contributed by atoms with E-state index >= 15 is 0 Å². The van der Waals surface area contributed by atoms with Crippen LogP contribution in [0.3, 0.4) is 0 Å². The Hall–Kier alpha value is -1.36. The number of anilines is 2. The van der Waals surface area contributed by atoms with E-state index in [0.29, 0.717) is 5.92 Å². The van der Waals surface area contributed by atoms with Gasteiger partial charge in [-0.25, -0.2) is 9.97 Å². The molecule has 1 aliphatic rings. The van der Waals surface area contributed by atoms with Gasteiger partial charge >= 0.3 is 0 Å². The molecule has 0 bridgehead atoms. The van der Waals surface area contributed by atoms with Gasteiger partial charge in [0, 0.05) is 45.8 Å². The van der Waals surface area contributed by atoms with Crippen LogP contribution < -0.4 is 15.1 Å². The van der Waals surface area contributed by atoms with Gasteiger partial charge in [-0.1, -0.05) is 13.8 Å². The van der Waals surface area contributed by atoms with Crippen molar-refractivity contribution in [3.8, 4) is 0 Å². The molecule has 0 atom stereocenters. The van der Waals surface area contributed by atoms with Crippen molar-refractivity contribution < 1.29 is 0 Å². The van der Waals surface area contributed by atoms with E-state index in [9.17, 15) is 0 Å². The lowest BCUT2D eigenvalue weighted by molar-refractivity contribution is 0.583. The molecule has 1 aromatic rings. The fourth-order valence-corrected chi connectivity index (χ4v) is 2.43. The molecule has 2 rings (SSSR count). The molecular formula is C14H25N5. The van der Waals surface area contributed by atoms with Gasteiger partial charge in [0.1, 0.15) is 17.5 Å². The topological polar surface area (TPSA) is 44.3 Å². The molecule has 0 saturated carbocycles. The average molecular weight is 263 g/mol. The number of hydrogen-bond donors (Lipinski definition) is 1. The molecule has 1 aliphatic heterocycles. The average Bonchev–Trinajstić information content (AvgIpc) is 2.38. The summed E-state index contributed by atoms with van der Waals surface area (Å²) < 4.78 is 0. The first-order chi connectivity index (χ1) is 9.06. The van der Waals surface area contributed by atoms with Crippen molar-refractivity contribution >= 4 is 11.6 Å². The number of aryl methyl sites for hydroxylation is 1. The largest absolute Gasteiger partial charge is 0.359 e. The summed E-state index contributed by atoms with van der Waals surface area (Å²) in [5.74, 6) is 3.55. The highest BCUT2D eigenvalue weighted by molar-refractivity contribution is 5.51. The maximum absolute atomic E-state index is 4.58. The molecule has 5 heteroatoms. The van der Waals surface area contributed by atoms with E-state index < -0.39 is 0 Å². The van der Waals surface area contributed by atoms with E-state index in [4.69, 9.17) is 0 Å². The van der Waals surface area contributed by atoms with E-state index in [-0.39, 0.29) is 0 Å². The molecule has 19 heavy (non-hydrogen) atoms. The van der Waals surface area contributed by atoms with Gasteiger partial charge < -0.3 is 15.1 Å². The molecule has 5 nitrogen and oxygen atoms in total. The highest BCUT2D eigenvalue weighted by Gasteiger charge is 2.15. The third-order valence-corrected chi connectivity index (χ3v) is 3.28. The zero-order valence-corrected chi connectivity index (χ0v) is 12.5. The van der Waals surface area contributed by atoms with Crippen LogP contribution in [0.15, 0.2) is 6.07 Å². The van der Waals surface area contributed by atoms with Gasteiger partial charge in [0.05, 0.1) is 0 Å². The molecule has 0 amide bonds. The minimum absolute atomic E-state index is 0.628. The van der Waals surface area contributed by atoms with Crippen LogP contribution in [-0.4, -0.2) is 49.7 Å². The summed E-state index contributed by atoms with van der Waals surface area (Å²) in [6.45, 7) is 11.5. The Balaban J connectivity index is 2.18. The van der Waals surface area contributed by atoms with Gasteiger partial charge in [-0.05, 0) is 12.8 Å². The Bertz CT molecular complexity index is 412. The van der Waals surface area contributed by atoms with E-state index in [1.165, 1.54) is 0 Å². The van der Waals surface area contributed by atoms with Crippen LogP contribution in [0.1, 0.15) is 19.7 Å². The standard InChI is InChI=1S/C14H25N5/c1-11(2)10-18(4)13-9-14(17-12(3)16-13)19-7-5-15-6-8-19/h9,11,15H,5-8,10H2,1-4H3. The highest BCUT2D eigenvalue weighted by atomic mass is 15.3. The van der Waals surface area contributed by atoms with Crippen molar-refractivity contribution in [3.63, 3.8) is 0 Å². The van der Waals surface area contributed by atoms with Crippen LogP contribution >= 0.6 is 0 Å². The van der Waals surface area contributed by atoms with Crippen LogP contribution in [-0.2, 0) is 0 Å². The number of aromatic nitrogens is 2.